The summed E-state index contributed by atoms with van der Waals surface area (Å²) in [6.07, 6.45) is 2.08. The molecule has 1 aromatic carbocycles. The number of urea groups is 1. The van der Waals surface area contributed by atoms with Gasteiger partial charge in [0, 0.05) is 10.9 Å². The lowest BCUT2D eigenvalue weighted by atomic mass is 9.64. The molecule has 33 heavy (non-hydrogen) atoms. The summed E-state index contributed by atoms with van der Waals surface area (Å²) in [5, 5.41) is 7.47. The summed E-state index contributed by atoms with van der Waals surface area (Å²) in [6, 6.07) is 3.93. The Morgan fingerprint density at radius 3 is 2.79 bits per heavy atom. The zero-order valence-corrected chi connectivity index (χ0v) is 19.8. The van der Waals surface area contributed by atoms with Gasteiger partial charge in [-0.2, -0.15) is 0 Å². The van der Waals surface area contributed by atoms with E-state index in [0.717, 1.165) is 11.3 Å². The van der Waals surface area contributed by atoms with Crippen molar-refractivity contribution in [2.45, 2.75) is 45.6 Å². The van der Waals surface area contributed by atoms with E-state index in [4.69, 9.17) is 4.74 Å². The topological polar surface area (TPSA) is 101 Å². The molecule has 2 N–H and O–H groups in total. The van der Waals surface area contributed by atoms with Gasteiger partial charge in [-0.05, 0) is 48.8 Å². The van der Waals surface area contributed by atoms with Crippen LogP contribution in [-0.4, -0.2) is 46.9 Å². The number of halogens is 1. The molecule has 1 aromatic heterocycles. The molecule has 2 unspecified atom stereocenters. The SMILES string of the molecule is COc1ccc(-c2csc(NC(=O)CN3C(=O)NC4(CC(C)CC(C)(C)C4)C3=O)n2)cc1F. The minimum atomic E-state index is -0.953. The fraction of sp³-hybridized carbons (Fsp3) is 0.478. The van der Waals surface area contributed by atoms with E-state index in [1.165, 1.54) is 30.6 Å². The molecule has 1 aliphatic heterocycles. The fourth-order valence-electron chi connectivity index (χ4n) is 5.24. The Hall–Kier alpha value is -3.01. The fourth-order valence-corrected chi connectivity index (χ4v) is 5.98. The van der Waals surface area contributed by atoms with Crippen LogP contribution in [0.4, 0.5) is 14.3 Å². The van der Waals surface area contributed by atoms with Gasteiger partial charge in [0.05, 0.1) is 12.8 Å². The summed E-state index contributed by atoms with van der Waals surface area (Å²) in [5.41, 5.74) is -0.0121. The van der Waals surface area contributed by atoms with Crippen molar-refractivity contribution in [3.05, 3.63) is 29.4 Å². The highest BCUT2D eigenvalue weighted by atomic mass is 32.1. The van der Waals surface area contributed by atoms with Crippen LogP contribution in [-0.2, 0) is 9.59 Å². The number of benzene rings is 1. The number of thiazole rings is 1. The van der Waals surface area contributed by atoms with Crippen LogP contribution in [0.1, 0.15) is 40.0 Å². The predicted octanol–water partition coefficient (Wildman–Crippen LogP) is 4.03. The lowest BCUT2D eigenvalue weighted by molar-refractivity contribution is -0.136. The highest BCUT2D eigenvalue weighted by Crippen LogP contribution is 2.46. The highest BCUT2D eigenvalue weighted by molar-refractivity contribution is 7.14. The van der Waals surface area contributed by atoms with Crippen molar-refractivity contribution >= 4 is 34.3 Å². The van der Waals surface area contributed by atoms with Gasteiger partial charge in [-0.15, -0.1) is 11.3 Å². The maximum Gasteiger partial charge on any atom is 0.325 e. The molecule has 0 radical (unpaired) electrons. The molecule has 2 fully saturated rings. The van der Waals surface area contributed by atoms with Crippen molar-refractivity contribution < 1.29 is 23.5 Å². The number of amides is 4. The van der Waals surface area contributed by atoms with Gasteiger partial charge in [0.2, 0.25) is 5.91 Å². The molecule has 1 spiro atoms. The number of rotatable bonds is 5. The van der Waals surface area contributed by atoms with Gasteiger partial charge in [0.25, 0.3) is 5.91 Å². The minimum Gasteiger partial charge on any atom is -0.494 e. The third-order valence-electron chi connectivity index (χ3n) is 6.12. The average molecular weight is 475 g/mol. The Labute approximate surface area is 195 Å². The summed E-state index contributed by atoms with van der Waals surface area (Å²) < 4.78 is 18.9. The second-order valence-electron chi connectivity index (χ2n) is 9.69. The molecule has 1 saturated carbocycles. The van der Waals surface area contributed by atoms with Crippen molar-refractivity contribution in [3.63, 3.8) is 0 Å². The lowest BCUT2D eigenvalue weighted by Gasteiger charge is -2.43. The third kappa shape index (κ3) is 4.57. The van der Waals surface area contributed by atoms with E-state index in [1.54, 1.807) is 11.4 Å². The number of carbonyl (C=O) groups excluding carboxylic acids is 3. The van der Waals surface area contributed by atoms with E-state index in [0.29, 0.717) is 29.2 Å². The minimum absolute atomic E-state index is 0.0862. The normalized spacial score (nSPS) is 24.2. The maximum absolute atomic E-state index is 14.0. The van der Waals surface area contributed by atoms with E-state index in [2.05, 4.69) is 36.4 Å². The summed E-state index contributed by atoms with van der Waals surface area (Å²) >= 11 is 1.17. The van der Waals surface area contributed by atoms with Crippen LogP contribution in [0.5, 0.6) is 5.75 Å². The number of carbonyl (C=O) groups is 3. The first-order valence-corrected chi connectivity index (χ1v) is 11.6. The number of anilines is 1. The molecule has 4 amide bonds. The van der Waals surface area contributed by atoms with Gasteiger partial charge in [-0.3, -0.25) is 14.5 Å². The van der Waals surface area contributed by atoms with Gasteiger partial charge < -0.3 is 15.4 Å². The third-order valence-corrected chi connectivity index (χ3v) is 6.88. The number of hydrogen-bond donors (Lipinski definition) is 2. The number of imide groups is 1. The number of methoxy groups -OCH3 is 1. The van der Waals surface area contributed by atoms with E-state index in [1.807, 2.05) is 0 Å². The monoisotopic (exact) mass is 474 g/mol. The Morgan fingerprint density at radius 1 is 1.36 bits per heavy atom. The zero-order valence-electron chi connectivity index (χ0n) is 19.0. The first-order valence-electron chi connectivity index (χ1n) is 10.8. The van der Waals surface area contributed by atoms with E-state index in [9.17, 15) is 18.8 Å². The predicted molar refractivity (Wildman–Crippen MR) is 122 cm³/mol. The van der Waals surface area contributed by atoms with Crippen molar-refractivity contribution in [2.24, 2.45) is 11.3 Å². The molecule has 2 atom stereocenters. The van der Waals surface area contributed by atoms with Gasteiger partial charge in [-0.25, -0.2) is 14.2 Å². The molecular formula is C23H27FN4O4S. The Morgan fingerprint density at radius 2 is 2.12 bits per heavy atom. The van der Waals surface area contributed by atoms with Crippen LogP contribution in [0.25, 0.3) is 11.3 Å². The molecule has 2 aromatic rings. The first kappa shape index (κ1) is 23.2. The van der Waals surface area contributed by atoms with Crippen LogP contribution in [0, 0.1) is 17.2 Å². The van der Waals surface area contributed by atoms with Gasteiger partial charge in [0.1, 0.15) is 12.1 Å². The Balaban J connectivity index is 1.43. The number of nitrogens with one attached hydrogen (secondary N) is 2. The summed E-state index contributed by atoms with van der Waals surface area (Å²) in [5.74, 6) is -0.981. The van der Waals surface area contributed by atoms with Gasteiger partial charge in [-0.1, -0.05) is 20.8 Å². The molecule has 8 nitrogen and oxygen atoms in total. The molecular weight excluding hydrogens is 447 g/mol. The summed E-state index contributed by atoms with van der Waals surface area (Å²) in [4.78, 5) is 43.7. The van der Waals surface area contributed by atoms with E-state index in [-0.39, 0.29) is 23.0 Å². The Bertz CT molecular complexity index is 1120. The first-order chi connectivity index (χ1) is 15.5. The molecule has 1 aliphatic carbocycles. The molecule has 1 saturated heterocycles. The van der Waals surface area contributed by atoms with Crippen LogP contribution in [0.2, 0.25) is 0 Å². The maximum atomic E-state index is 14.0. The number of aromatic nitrogens is 1. The largest absolute Gasteiger partial charge is 0.494 e. The number of nitrogens with zero attached hydrogens (tertiary/aromatic N) is 2. The summed E-state index contributed by atoms with van der Waals surface area (Å²) in [7, 11) is 1.39. The second-order valence-corrected chi connectivity index (χ2v) is 10.6. The molecule has 0 bridgehead atoms. The Kier molecular flexibility index (Phi) is 5.90. The number of hydrogen-bond acceptors (Lipinski definition) is 6. The molecule has 4 rings (SSSR count). The van der Waals surface area contributed by atoms with Crippen LogP contribution >= 0.6 is 11.3 Å². The summed E-state index contributed by atoms with van der Waals surface area (Å²) in [6.45, 7) is 5.86. The van der Waals surface area contributed by atoms with Crippen LogP contribution in [0.3, 0.4) is 0 Å². The van der Waals surface area contributed by atoms with Crippen molar-refractivity contribution in [3.8, 4) is 17.0 Å². The average Bonchev–Trinajstić information content (AvgIpc) is 3.25. The van der Waals surface area contributed by atoms with Crippen LogP contribution < -0.4 is 15.4 Å². The van der Waals surface area contributed by atoms with Gasteiger partial charge >= 0.3 is 6.03 Å². The van der Waals surface area contributed by atoms with Crippen LogP contribution in [0.15, 0.2) is 23.6 Å². The zero-order chi connectivity index (χ0) is 24.0. The smallest absolute Gasteiger partial charge is 0.325 e. The molecule has 2 heterocycles. The standard InChI is InChI=1S/C23H27FN4O4S/c1-13-8-22(2,3)12-23(9-13)19(30)28(21(31)27-23)10-18(29)26-20-25-16(11-33-20)14-5-6-17(32-4)15(24)7-14/h5-7,11,13H,8-10,12H2,1-4H3,(H,27,31)(H,25,26,29). The van der Waals surface area contributed by atoms with Crippen molar-refractivity contribution in [1.29, 1.82) is 0 Å². The van der Waals surface area contributed by atoms with Gasteiger partial charge in [0.15, 0.2) is 16.7 Å². The second kappa shape index (κ2) is 8.40. The lowest BCUT2D eigenvalue weighted by Crippen LogP contribution is -2.54. The molecule has 176 valence electrons. The molecule has 10 heteroatoms. The molecule has 2 aliphatic rings. The highest BCUT2D eigenvalue weighted by Gasteiger charge is 2.56. The van der Waals surface area contributed by atoms with E-state index >= 15 is 0 Å². The van der Waals surface area contributed by atoms with Crippen molar-refractivity contribution in [1.82, 2.24) is 15.2 Å². The number of ether oxygens (including phenoxy) is 1. The quantitative estimate of drug-likeness (QED) is 0.637. The van der Waals surface area contributed by atoms with E-state index < -0.39 is 29.8 Å². The van der Waals surface area contributed by atoms with Crippen molar-refractivity contribution in [2.75, 3.05) is 19.0 Å².